The van der Waals surface area contributed by atoms with Gasteiger partial charge in [0.2, 0.25) is 0 Å². The molecular formula is C16H31N3O. The van der Waals surface area contributed by atoms with Crippen molar-refractivity contribution in [1.29, 1.82) is 0 Å². The average Bonchev–Trinajstić information content (AvgIpc) is 2.84. The second-order valence-electron chi connectivity index (χ2n) is 6.91. The SMILES string of the molecule is COC1CCCCC1(CN)N1CCCN2CCCC2C1. The molecule has 0 bridgehead atoms. The zero-order valence-electron chi connectivity index (χ0n) is 13.0. The van der Waals surface area contributed by atoms with E-state index in [9.17, 15) is 0 Å². The predicted molar refractivity (Wildman–Crippen MR) is 81.8 cm³/mol. The Labute approximate surface area is 123 Å². The molecule has 0 spiro atoms. The van der Waals surface area contributed by atoms with Crippen molar-refractivity contribution in [2.45, 2.75) is 62.6 Å². The van der Waals surface area contributed by atoms with Crippen LogP contribution in [-0.2, 0) is 4.74 Å². The Kier molecular flexibility index (Phi) is 4.65. The van der Waals surface area contributed by atoms with Gasteiger partial charge in [0.1, 0.15) is 0 Å². The minimum atomic E-state index is 0.103. The zero-order chi connectivity index (χ0) is 14.0. The molecule has 2 saturated heterocycles. The van der Waals surface area contributed by atoms with Crippen LogP contribution in [0.4, 0.5) is 0 Å². The number of rotatable bonds is 3. The predicted octanol–water partition coefficient (Wildman–Crippen LogP) is 1.44. The van der Waals surface area contributed by atoms with E-state index in [0.29, 0.717) is 6.10 Å². The molecule has 0 radical (unpaired) electrons. The molecule has 2 aliphatic heterocycles. The van der Waals surface area contributed by atoms with E-state index in [-0.39, 0.29) is 5.54 Å². The van der Waals surface area contributed by atoms with Crippen LogP contribution >= 0.6 is 0 Å². The number of fused-ring (bicyclic) bond motifs is 1. The van der Waals surface area contributed by atoms with E-state index in [4.69, 9.17) is 10.5 Å². The van der Waals surface area contributed by atoms with Crippen LogP contribution < -0.4 is 5.73 Å². The highest BCUT2D eigenvalue weighted by Crippen LogP contribution is 2.37. The summed E-state index contributed by atoms with van der Waals surface area (Å²) in [5.74, 6) is 0. The Morgan fingerprint density at radius 1 is 1.10 bits per heavy atom. The Bertz CT molecular complexity index is 325. The lowest BCUT2D eigenvalue weighted by Gasteiger charge is -2.50. The van der Waals surface area contributed by atoms with Crippen LogP contribution in [-0.4, -0.2) is 67.3 Å². The van der Waals surface area contributed by atoms with Crippen molar-refractivity contribution in [3.63, 3.8) is 0 Å². The molecule has 1 aliphatic carbocycles. The second-order valence-corrected chi connectivity index (χ2v) is 6.91. The molecule has 3 unspecified atom stereocenters. The first kappa shape index (κ1) is 14.8. The Hall–Kier alpha value is -0.160. The largest absolute Gasteiger partial charge is 0.379 e. The number of nitrogens with two attached hydrogens (primary N) is 1. The van der Waals surface area contributed by atoms with Crippen molar-refractivity contribution in [1.82, 2.24) is 9.80 Å². The highest BCUT2D eigenvalue weighted by molar-refractivity contribution is 5.03. The van der Waals surface area contributed by atoms with Gasteiger partial charge in [-0.05, 0) is 45.2 Å². The minimum Gasteiger partial charge on any atom is -0.379 e. The van der Waals surface area contributed by atoms with E-state index in [1.807, 2.05) is 7.11 Å². The summed E-state index contributed by atoms with van der Waals surface area (Å²) in [6.07, 6.45) is 9.36. The fourth-order valence-corrected chi connectivity index (χ4v) is 4.86. The van der Waals surface area contributed by atoms with Gasteiger partial charge in [-0.3, -0.25) is 9.80 Å². The quantitative estimate of drug-likeness (QED) is 0.850. The van der Waals surface area contributed by atoms with Gasteiger partial charge in [-0.1, -0.05) is 12.8 Å². The van der Waals surface area contributed by atoms with Gasteiger partial charge >= 0.3 is 0 Å². The van der Waals surface area contributed by atoms with Crippen molar-refractivity contribution in [3.8, 4) is 0 Å². The van der Waals surface area contributed by atoms with Gasteiger partial charge in [-0.2, -0.15) is 0 Å². The summed E-state index contributed by atoms with van der Waals surface area (Å²) in [6, 6.07) is 0.764. The lowest BCUT2D eigenvalue weighted by atomic mass is 9.77. The van der Waals surface area contributed by atoms with Gasteiger partial charge < -0.3 is 10.5 Å². The average molecular weight is 281 g/mol. The number of methoxy groups -OCH3 is 1. The van der Waals surface area contributed by atoms with E-state index < -0.39 is 0 Å². The third-order valence-corrected chi connectivity index (χ3v) is 6.00. The summed E-state index contributed by atoms with van der Waals surface area (Å²) >= 11 is 0. The number of hydrogen-bond donors (Lipinski definition) is 1. The monoisotopic (exact) mass is 281 g/mol. The molecule has 3 atom stereocenters. The smallest absolute Gasteiger partial charge is 0.0767 e. The highest BCUT2D eigenvalue weighted by Gasteiger charge is 2.46. The maximum absolute atomic E-state index is 6.29. The number of nitrogens with zero attached hydrogens (tertiary/aromatic N) is 2. The van der Waals surface area contributed by atoms with Gasteiger partial charge in [0, 0.05) is 32.8 Å². The summed E-state index contributed by atoms with van der Waals surface area (Å²) in [4.78, 5) is 5.42. The summed E-state index contributed by atoms with van der Waals surface area (Å²) in [7, 11) is 1.88. The van der Waals surface area contributed by atoms with Crippen molar-refractivity contribution in [3.05, 3.63) is 0 Å². The van der Waals surface area contributed by atoms with Gasteiger partial charge in [0.25, 0.3) is 0 Å². The van der Waals surface area contributed by atoms with Crippen LogP contribution in [0.25, 0.3) is 0 Å². The van der Waals surface area contributed by atoms with Crippen molar-refractivity contribution in [2.75, 3.05) is 39.8 Å². The van der Waals surface area contributed by atoms with Gasteiger partial charge in [0.15, 0.2) is 0 Å². The van der Waals surface area contributed by atoms with Crippen molar-refractivity contribution < 1.29 is 4.74 Å². The van der Waals surface area contributed by atoms with Gasteiger partial charge in [-0.25, -0.2) is 0 Å². The molecule has 20 heavy (non-hydrogen) atoms. The maximum Gasteiger partial charge on any atom is 0.0767 e. The van der Waals surface area contributed by atoms with Crippen LogP contribution in [0.3, 0.4) is 0 Å². The first-order chi connectivity index (χ1) is 9.80. The molecular weight excluding hydrogens is 250 g/mol. The fourth-order valence-electron chi connectivity index (χ4n) is 4.86. The van der Waals surface area contributed by atoms with Crippen LogP contribution in [0.1, 0.15) is 44.9 Å². The number of hydrogen-bond acceptors (Lipinski definition) is 4. The fraction of sp³-hybridized carbons (Fsp3) is 1.00. The number of ether oxygens (including phenoxy) is 1. The Balaban J connectivity index is 1.79. The second kappa shape index (κ2) is 6.30. The Morgan fingerprint density at radius 3 is 2.75 bits per heavy atom. The van der Waals surface area contributed by atoms with Gasteiger partial charge in [0.05, 0.1) is 11.6 Å². The Morgan fingerprint density at radius 2 is 1.95 bits per heavy atom. The zero-order valence-corrected chi connectivity index (χ0v) is 13.0. The highest BCUT2D eigenvalue weighted by atomic mass is 16.5. The molecule has 1 saturated carbocycles. The molecule has 0 aromatic heterocycles. The molecule has 2 heterocycles. The van der Waals surface area contributed by atoms with E-state index in [1.54, 1.807) is 0 Å². The van der Waals surface area contributed by atoms with Crippen molar-refractivity contribution >= 4 is 0 Å². The molecule has 3 fully saturated rings. The molecule has 0 amide bonds. The summed E-state index contributed by atoms with van der Waals surface area (Å²) in [5, 5.41) is 0. The first-order valence-electron chi connectivity index (χ1n) is 8.52. The summed E-state index contributed by atoms with van der Waals surface area (Å²) < 4.78 is 5.87. The minimum absolute atomic E-state index is 0.103. The van der Waals surface area contributed by atoms with E-state index >= 15 is 0 Å². The molecule has 0 aromatic carbocycles. The van der Waals surface area contributed by atoms with E-state index in [2.05, 4.69) is 9.80 Å². The molecule has 116 valence electrons. The lowest BCUT2D eigenvalue weighted by molar-refractivity contribution is -0.0769. The summed E-state index contributed by atoms with van der Waals surface area (Å²) in [6.45, 7) is 5.74. The topological polar surface area (TPSA) is 41.7 Å². The molecule has 2 N–H and O–H groups in total. The molecule has 0 aromatic rings. The molecule has 3 aliphatic rings. The van der Waals surface area contributed by atoms with Crippen LogP contribution in [0.5, 0.6) is 0 Å². The van der Waals surface area contributed by atoms with Crippen LogP contribution in [0, 0.1) is 0 Å². The standard InChI is InChI=1S/C16H31N3O/c1-20-15-7-2-3-8-16(15,13-17)19-11-5-10-18-9-4-6-14(18)12-19/h14-15H,2-13,17H2,1H3. The molecule has 3 rings (SSSR count). The molecule has 4 heteroatoms. The van der Waals surface area contributed by atoms with Crippen LogP contribution in [0.15, 0.2) is 0 Å². The maximum atomic E-state index is 6.29. The van der Waals surface area contributed by atoms with Gasteiger partial charge in [-0.15, -0.1) is 0 Å². The van der Waals surface area contributed by atoms with Crippen LogP contribution in [0.2, 0.25) is 0 Å². The third kappa shape index (κ3) is 2.52. The normalized spacial score (nSPS) is 40.5. The molecule has 4 nitrogen and oxygen atoms in total. The third-order valence-electron chi connectivity index (χ3n) is 6.00. The van der Waals surface area contributed by atoms with Crippen molar-refractivity contribution in [2.24, 2.45) is 5.73 Å². The summed E-state index contributed by atoms with van der Waals surface area (Å²) in [5.41, 5.74) is 6.39. The van der Waals surface area contributed by atoms with E-state index in [0.717, 1.165) is 12.6 Å². The first-order valence-corrected chi connectivity index (χ1v) is 8.52. The van der Waals surface area contributed by atoms with E-state index in [1.165, 1.54) is 71.1 Å². The lowest BCUT2D eigenvalue weighted by Crippen LogP contribution is -2.64.